The molecular formula is C20H20Cl2N2O4. The minimum absolute atomic E-state index is 0.180. The summed E-state index contributed by atoms with van der Waals surface area (Å²) in [5.41, 5.74) is 1.18. The van der Waals surface area contributed by atoms with Gasteiger partial charge in [0.15, 0.2) is 6.61 Å². The molecule has 1 fully saturated rings. The van der Waals surface area contributed by atoms with E-state index in [-0.39, 0.29) is 23.1 Å². The van der Waals surface area contributed by atoms with Gasteiger partial charge in [0.1, 0.15) is 5.75 Å². The number of rotatable bonds is 5. The number of hydrogen-bond donors (Lipinski definition) is 0. The first-order chi connectivity index (χ1) is 13.5. The molecule has 1 aliphatic rings. The first kappa shape index (κ1) is 20.3. The van der Waals surface area contributed by atoms with Crippen molar-refractivity contribution < 1.29 is 19.1 Å². The van der Waals surface area contributed by atoms with Crippen molar-refractivity contribution in [2.45, 2.75) is 0 Å². The molecule has 28 heavy (non-hydrogen) atoms. The van der Waals surface area contributed by atoms with Crippen molar-refractivity contribution in [2.75, 3.05) is 44.8 Å². The van der Waals surface area contributed by atoms with Gasteiger partial charge >= 0.3 is 5.97 Å². The predicted molar refractivity (Wildman–Crippen MR) is 109 cm³/mol. The van der Waals surface area contributed by atoms with Crippen LogP contribution >= 0.6 is 23.2 Å². The minimum Gasteiger partial charge on any atom is -0.495 e. The molecule has 0 atom stereocenters. The summed E-state index contributed by atoms with van der Waals surface area (Å²) in [4.78, 5) is 28.4. The van der Waals surface area contributed by atoms with Crippen LogP contribution in [0, 0.1) is 0 Å². The van der Waals surface area contributed by atoms with E-state index in [1.54, 1.807) is 18.1 Å². The maximum atomic E-state index is 12.4. The fraction of sp³-hybridized carbons (Fsp3) is 0.300. The molecule has 0 saturated carbocycles. The third-order valence-corrected chi connectivity index (χ3v) is 5.08. The van der Waals surface area contributed by atoms with E-state index in [4.69, 9.17) is 32.7 Å². The summed E-state index contributed by atoms with van der Waals surface area (Å²) >= 11 is 11.8. The lowest BCUT2D eigenvalue weighted by Gasteiger charge is -2.36. The number of carbonyl (C=O) groups is 2. The molecule has 148 valence electrons. The number of carbonyl (C=O) groups excluding carboxylic acids is 2. The van der Waals surface area contributed by atoms with Crippen LogP contribution in [-0.4, -0.2) is 56.7 Å². The number of nitrogens with zero attached hydrogens (tertiary/aromatic N) is 2. The summed E-state index contributed by atoms with van der Waals surface area (Å²) in [6.45, 7) is 2.09. The number of esters is 1. The van der Waals surface area contributed by atoms with Gasteiger partial charge in [0, 0.05) is 31.2 Å². The third-order valence-electron chi connectivity index (χ3n) is 4.54. The van der Waals surface area contributed by atoms with Crippen LogP contribution in [0.1, 0.15) is 10.4 Å². The number of halogens is 2. The van der Waals surface area contributed by atoms with Gasteiger partial charge in [-0.25, -0.2) is 4.79 Å². The van der Waals surface area contributed by atoms with Crippen molar-refractivity contribution in [1.82, 2.24) is 4.90 Å². The zero-order valence-corrected chi connectivity index (χ0v) is 16.9. The van der Waals surface area contributed by atoms with E-state index in [0.717, 1.165) is 11.4 Å². The molecule has 1 heterocycles. The highest BCUT2D eigenvalue weighted by Gasteiger charge is 2.24. The van der Waals surface area contributed by atoms with Crippen LogP contribution in [0.2, 0.25) is 10.0 Å². The fourth-order valence-electron chi connectivity index (χ4n) is 3.04. The van der Waals surface area contributed by atoms with E-state index in [0.29, 0.717) is 31.2 Å². The standard InChI is InChI=1S/C20H20Cl2N2O4/c1-27-18-5-3-2-4-17(18)23-8-10-24(11-9-23)19(25)13-28-20(26)15-7-6-14(21)12-16(15)22/h2-7,12H,8-11,13H2,1H3. The Bertz CT molecular complexity index is 867. The minimum atomic E-state index is -0.650. The molecule has 0 radical (unpaired) electrons. The third kappa shape index (κ3) is 4.69. The average molecular weight is 423 g/mol. The van der Waals surface area contributed by atoms with Gasteiger partial charge in [-0.3, -0.25) is 4.79 Å². The number of amides is 1. The highest BCUT2D eigenvalue weighted by atomic mass is 35.5. The summed E-state index contributed by atoms with van der Waals surface area (Å²) in [5.74, 6) is -0.0863. The smallest absolute Gasteiger partial charge is 0.340 e. The van der Waals surface area contributed by atoms with E-state index in [2.05, 4.69) is 4.90 Å². The summed E-state index contributed by atoms with van der Waals surface area (Å²) < 4.78 is 10.5. The molecule has 0 N–H and O–H groups in total. The van der Waals surface area contributed by atoms with Crippen molar-refractivity contribution >= 4 is 40.8 Å². The lowest BCUT2D eigenvalue weighted by molar-refractivity contribution is -0.134. The number of methoxy groups -OCH3 is 1. The molecule has 3 rings (SSSR count). The summed E-state index contributed by atoms with van der Waals surface area (Å²) in [7, 11) is 1.64. The summed E-state index contributed by atoms with van der Waals surface area (Å²) in [6.07, 6.45) is 0. The van der Waals surface area contributed by atoms with E-state index in [1.165, 1.54) is 12.1 Å². The average Bonchev–Trinajstić information content (AvgIpc) is 2.72. The van der Waals surface area contributed by atoms with Gasteiger partial charge < -0.3 is 19.3 Å². The number of benzene rings is 2. The number of para-hydroxylation sites is 2. The normalized spacial score (nSPS) is 14.0. The Morgan fingerprint density at radius 2 is 1.75 bits per heavy atom. The zero-order chi connectivity index (χ0) is 20.1. The first-order valence-corrected chi connectivity index (χ1v) is 9.53. The van der Waals surface area contributed by atoms with Gasteiger partial charge in [-0.05, 0) is 30.3 Å². The van der Waals surface area contributed by atoms with Crippen molar-refractivity contribution in [3.05, 3.63) is 58.1 Å². The molecule has 1 amide bonds. The Morgan fingerprint density at radius 3 is 2.43 bits per heavy atom. The van der Waals surface area contributed by atoms with E-state index >= 15 is 0 Å². The maximum absolute atomic E-state index is 12.4. The molecule has 0 unspecified atom stereocenters. The molecule has 8 heteroatoms. The quantitative estimate of drug-likeness (QED) is 0.689. The molecule has 0 aliphatic carbocycles. The molecule has 2 aromatic rings. The van der Waals surface area contributed by atoms with Crippen LogP contribution in [0.15, 0.2) is 42.5 Å². The Hall–Kier alpha value is -2.44. The Labute approximate surface area is 173 Å². The molecule has 0 bridgehead atoms. The molecule has 0 aromatic heterocycles. The zero-order valence-electron chi connectivity index (χ0n) is 15.4. The van der Waals surface area contributed by atoms with Crippen molar-refractivity contribution in [3.8, 4) is 5.75 Å². The number of anilines is 1. The second-order valence-electron chi connectivity index (χ2n) is 6.24. The second-order valence-corrected chi connectivity index (χ2v) is 7.08. The van der Waals surface area contributed by atoms with Gasteiger partial charge in [-0.2, -0.15) is 0 Å². The summed E-state index contributed by atoms with van der Waals surface area (Å²) in [5, 5.41) is 0.612. The van der Waals surface area contributed by atoms with Crippen LogP contribution in [0.4, 0.5) is 5.69 Å². The van der Waals surface area contributed by atoms with Gasteiger partial charge in [-0.1, -0.05) is 35.3 Å². The molecule has 1 saturated heterocycles. The van der Waals surface area contributed by atoms with Crippen molar-refractivity contribution in [1.29, 1.82) is 0 Å². The predicted octanol–water partition coefficient (Wildman–Crippen LogP) is 3.51. The number of hydrogen-bond acceptors (Lipinski definition) is 5. The van der Waals surface area contributed by atoms with Crippen molar-refractivity contribution in [3.63, 3.8) is 0 Å². The van der Waals surface area contributed by atoms with Crippen LogP contribution < -0.4 is 9.64 Å². The van der Waals surface area contributed by atoms with Gasteiger partial charge in [0.05, 0.1) is 23.4 Å². The Kier molecular flexibility index (Phi) is 6.65. The monoisotopic (exact) mass is 422 g/mol. The number of ether oxygens (including phenoxy) is 2. The maximum Gasteiger partial charge on any atom is 0.340 e. The first-order valence-electron chi connectivity index (χ1n) is 8.77. The highest BCUT2D eigenvalue weighted by molar-refractivity contribution is 6.36. The lowest BCUT2D eigenvalue weighted by Crippen LogP contribution is -2.50. The largest absolute Gasteiger partial charge is 0.495 e. The topological polar surface area (TPSA) is 59.1 Å². The van der Waals surface area contributed by atoms with Crippen LogP contribution in [0.3, 0.4) is 0 Å². The van der Waals surface area contributed by atoms with E-state index < -0.39 is 5.97 Å². The van der Waals surface area contributed by atoms with Crippen LogP contribution in [0.25, 0.3) is 0 Å². The highest BCUT2D eigenvalue weighted by Crippen LogP contribution is 2.28. The fourth-order valence-corrected chi connectivity index (χ4v) is 3.52. The Morgan fingerprint density at radius 1 is 1.04 bits per heavy atom. The summed E-state index contributed by atoms with van der Waals surface area (Å²) in [6, 6.07) is 12.3. The van der Waals surface area contributed by atoms with Crippen molar-refractivity contribution in [2.24, 2.45) is 0 Å². The van der Waals surface area contributed by atoms with Gasteiger partial charge in [0.25, 0.3) is 5.91 Å². The Balaban J connectivity index is 1.52. The van der Waals surface area contributed by atoms with E-state index in [9.17, 15) is 9.59 Å². The van der Waals surface area contributed by atoms with E-state index in [1.807, 2.05) is 24.3 Å². The second kappa shape index (κ2) is 9.17. The van der Waals surface area contributed by atoms with Gasteiger partial charge in [0.2, 0.25) is 0 Å². The SMILES string of the molecule is COc1ccccc1N1CCN(C(=O)COC(=O)c2ccc(Cl)cc2Cl)CC1. The molecular weight excluding hydrogens is 403 g/mol. The molecule has 0 spiro atoms. The molecule has 6 nitrogen and oxygen atoms in total. The lowest BCUT2D eigenvalue weighted by atomic mass is 10.2. The molecule has 2 aromatic carbocycles. The van der Waals surface area contributed by atoms with Crippen LogP contribution in [0.5, 0.6) is 5.75 Å². The number of piperazine rings is 1. The van der Waals surface area contributed by atoms with Gasteiger partial charge in [-0.15, -0.1) is 0 Å². The molecule has 1 aliphatic heterocycles. The van der Waals surface area contributed by atoms with Crippen LogP contribution in [-0.2, 0) is 9.53 Å².